The number of nitrogens with zero attached hydrogens (tertiary/aromatic N) is 2. The zero-order valence-corrected chi connectivity index (χ0v) is 19.3. The number of para-hydroxylation sites is 2. The maximum Gasteiger partial charge on any atom is 0.326 e. The normalized spacial score (nSPS) is 14.8. The fraction of sp³-hybridized carbons (Fsp3) is 0.385. The quantitative estimate of drug-likeness (QED) is 0.409. The number of ether oxygens (including phenoxy) is 2. The fourth-order valence-corrected chi connectivity index (χ4v) is 4.29. The molecule has 3 aromatic rings. The van der Waals surface area contributed by atoms with E-state index in [4.69, 9.17) is 9.47 Å². The van der Waals surface area contributed by atoms with Crippen LogP contribution in [0.4, 0.5) is 0 Å². The van der Waals surface area contributed by atoms with Crippen molar-refractivity contribution in [2.75, 3.05) is 26.8 Å². The monoisotopic (exact) mass is 449 g/mol. The van der Waals surface area contributed by atoms with Crippen LogP contribution in [0, 0.1) is 0 Å². The molecule has 0 atom stereocenters. The summed E-state index contributed by atoms with van der Waals surface area (Å²) in [6.45, 7) is 4.01. The number of likely N-dealkylation sites (tertiary alicyclic amines) is 1. The Labute approximate surface area is 193 Å². The molecule has 2 heterocycles. The number of hydrogen-bond donors (Lipinski definition) is 1. The van der Waals surface area contributed by atoms with Gasteiger partial charge in [0.25, 0.3) is 0 Å². The van der Waals surface area contributed by atoms with E-state index in [-0.39, 0.29) is 17.6 Å². The highest BCUT2D eigenvalue weighted by Crippen LogP contribution is 2.29. The average molecular weight is 450 g/mol. The molecule has 1 saturated heterocycles. The van der Waals surface area contributed by atoms with Gasteiger partial charge in [-0.3, -0.25) is 9.36 Å². The molecular weight excluding hydrogens is 418 g/mol. The van der Waals surface area contributed by atoms with E-state index in [2.05, 4.69) is 11.9 Å². The highest BCUT2D eigenvalue weighted by atomic mass is 16.5. The molecule has 2 aromatic carbocycles. The van der Waals surface area contributed by atoms with Crippen molar-refractivity contribution in [1.82, 2.24) is 14.5 Å². The second-order valence-corrected chi connectivity index (χ2v) is 8.32. The third kappa shape index (κ3) is 5.13. The zero-order chi connectivity index (χ0) is 23.2. The predicted octanol–water partition coefficient (Wildman–Crippen LogP) is 4.39. The summed E-state index contributed by atoms with van der Waals surface area (Å²) in [5, 5.41) is 0. The number of amides is 1. The van der Waals surface area contributed by atoms with Crippen molar-refractivity contribution >= 4 is 23.0 Å². The first-order chi connectivity index (χ1) is 16.1. The minimum atomic E-state index is -0.0862. The van der Waals surface area contributed by atoms with Gasteiger partial charge in [0.2, 0.25) is 5.91 Å². The molecule has 0 unspecified atom stereocenters. The van der Waals surface area contributed by atoms with E-state index in [0.29, 0.717) is 31.2 Å². The van der Waals surface area contributed by atoms with Crippen LogP contribution in [0.3, 0.4) is 0 Å². The maximum absolute atomic E-state index is 12.7. The summed E-state index contributed by atoms with van der Waals surface area (Å²) in [5.41, 5.74) is 2.56. The summed E-state index contributed by atoms with van der Waals surface area (Å²) in [6, 6.07) is 13.5. The third-order valence-corrected chi connectivity index (χ3v) is 6.13. The van der Waals surface area contributed by atoms with Gasteiger partial charge >= 0.3 is 5.69 Å². The smallest absolute Gasteiger partial charge is 0.326 e. The minimum Gasteiger partial charge on any atom is -0.493 e. The summed E-state index contributed by atoms with van der Waals surface area (Å²) in [5.74, 6) is 1.34. The number of imidazole rings is 1. The van der Waals surface area contributed by atoms with Gasteiger partial charge < -0.3 is 19.4 Å². The third-order valence-electron chi connectivity index (χ3n) is 6.13. The second-order valence-electron chi connectivity index (χ2n) is 8.32. The predicted molar refractivity (Wildman–Crippen MR) is 130 cm³/mol. The molecule has 0 spiro atoms. The number of carbonyl (C=O) groups is 1. The van der Waals surface area contributed by atoms with Crippen molar-refractivity contribution in [1.29, 1.82) is 0 Å². The van der Waals surface area contributed by atoms with Gasteiger partial charge in [-0.25, -0.2) is 4.79 Å². The van der Waals surface area contributed by atoms with Crippen molar-refractivity contribution in [3.63, 3.8) is 0 Å². The Balaban J connectivity index is 1.37. The van der Waals surface area contributed by atoms with Crippen molar-refractivity contribution in [3.05, 3.63) is 64.6 Å². The van der Waals surface area contributed by atoms with Crippen LogP contribution in [-0.2, 0) is 4.79 Å². The first-order valence-corrected chi connectivity index (χ1v) is 11.6. The number of aromatic nitrogens is 2. The van der Waals surface area contributed by atoms with E-state index in [0.717, 1.165) is 42.3 Å². The Hall–Kier alpha value is -3.48. The van der Waals surface area contributed by atoms with Crippen LogP contribution in [0.25, 0.3) is 17.1 Å². The Kier molecular flexibility index (Phi) is 7.17. The molecule has 174 valence electrons. The second kappa shape index (κ2) is 10.4. The number of piperidine rings is 1. The van der Waals surface area contributed by atoms with E-state index < -0.39 is 0 Å². The van der Waals surface area contributed by atoms with Gasteiger partial charge in [0.15, 0.2) is 11.5 Å². The summed E-state index contributed by atoms with van der Waals surface area (Å²) < 4.78 is 13.0. The van der Waals surface area contributed by atoms with Gasteiger partial charge in [-0.1, -0.05) is 31.5 Å². The van der Waals surface area contributed by atoms with E-state index in [1.165, 1.54) is 0 Å². The fourth-order valence-electron chi connectivity index (χ4n) is 4.29. The van der Waals surface area contributed by atoms with Crippen molar-refractivity contribution in [2.45, 2.75) is 38.6 Å². The standard InChI is InChI=1S/C26H31N3O4/c1-3-4-17-33-23-11-9-19(18-24(23)32-2)10-12-25(30)28-15-13-20(14-16-28)29-22-8-6-5-7-21(22)27-26(29)31/h5-12,18,20H,3-4,13-17H2,1-2H3,(H,27,31)/b12-10+. The van der Waals surface area contributed by atoms with E-state index >= 15 is 0 Å². The number of unbranched alkanes of at least 4 members (excludes halogenated alkanes) is 1. The molecule has 4 rings (SSSR count). The lowest BCUT2D eigenvalue weighted by molar-refractivity contribution is -0.127. The van der Waals surface area contributed by atoms with Crippen molar-refractivity contribution < 1.29 is 14.3 Å². The highest BCUT2D eigenvalue weighted by molar-refractivity contribution is 5.92. The largest absolute Gasteiger partial charge is 0.493 e. The summed E-state index contributed by atoms with van der Waals surface area (Å²) >= 11 is 0. The minimum absolute atomic E-state index is 0.0260. The number of fused-ring (bicyclic) bond motifs is 1. The van der Waals surface area contributed by atoms with E-state index in [9.17, 15) is 9.59 Å². The first kappa shape index (κ1) is 22.7. The number of benzene rings is 2. The van der Waals surface area contributed by atoms with Gasteiger partial charge in [0, 0.05) is 25.2 Å². The molecule has 0 saturated carbocycles. The summed E-state index contributed by atoms with van der Waals surface area (Å²) in [6.07, 6.45) is 6.96. The molecule has 7 nitrogen and oxygen atoms in total. The summed E-state index contributed by atoms with van der Waals surface area (Å²) in [7, 11) is 1.61. The Morgan fingerprint density at radius 2 is 1.94 bits per heavy atom. The van der Waals surface area contributed by atoms with Crippen LogP contribution in [0.2, 0.25) is 0 Å². The van der Waals surface area contributed by atoms with Crippen LogP contribution in [0.5, 0.6) is 11.5 Å². The van der Waals surface area contributed by atoms with Crippen LogP contribution >= 0.6 is 0 Å². The van der Waals surface area contributed by atoms with Gasteiger partial charge in [-0.05, 0) is 55.2 Å². The molecule has 0 radical (unpaired) electrons. The summed E-state index contributed by atoms with van der Waals surface area (Å²) in [4.78, 5) is 30.0. The number of hydrogen-bond acceptors (Lipinski definition) is 4. The zero-order valence-electron chi connectivity index (χ0n) is 19.3. The topological polar surface area (TPSA) is 76.6 Å². The molecule has 7 heteroatoms. The molecule has 33 heavy (non-hydrogen) atoms. The highest BCUT2D eigenvalue weighted by Gasteiger charge is 2.25. The molecular formula is C26H31N3O4. The maximum atomic E-state index is 12.7. The van der Waals surface area contributed by atoms with Crippen LogP contribution in [0.1, 0.15) is 44.2 Å². The molecule has 1 aromatic heterocycles. The lowest BCUT2D eigenvalue weighted by Crippen LogP contribution is -2.39. The van der Waals surface area contributed by atoms with Crippen LogP contribution < -0.4 is 15.2 Å². The number of methoxy groups -OCH3 is 1. The van der Waals surface area contributed by atoms with Crippen molar-refractivity contribution in [3.8, 4) is 11.5 Å². The molecule has 1 fully saturated rings. The Bertz CT molecular complexity index is 1190. The van der Waals surface area contributed by atoms with Gasteiger partial charge in [-0.2, -0.15) is 0 Å². The van der Waals surface area contributed by atoms with E-state index in [1.54, 1.807) is 19.3 Å². The number of rotatable bonds is 8. The van der Waals surface area contributed by atoms with Gasteiger partial charge in [-0.15, -0.1) is 0 Å². The number of aromatic amines is 1. The molecule has 0 bridgehead atoms. The van der Waals surface area contributed by atoms with Gasteiger partial charge in [0.1, 0.15) is 0 Å². The molecule has 0 aliphatic carbocycles. The first-order valence-electron chi connectivity index (χ1n) is 11.6. The lowest BCUT2D eigenvalue weighted by Gasteiger charge is -2.32. The number of nitrogens with one attached hydrogen (secondary N) is 1. The van der Waals surface area contributed by atoms with Crippen LogP contribution in [0.15, 0.2) is 53.3 Å². The van der Waals surface area contributed by atoms with Crippen LogP contribution in [-0.4, -0.2) is 47.2 Å². The SMILES string of the molecule is CCCCOc1ccc(/C=C/C(=O)N2CCC(n3c(=O)[nH]c4ccccc43)CC2)cc1OC. The Morgan fingerprint density at radius 1 is 1.15 bits per heavy atom. The molecule has 1 N–H and O–H groups in total. The van der Waals surface area contributed by atoms with Crippen molar-refractivity contribution in [2.24, 2.45) is 0 Å². The lowest BCUT2D eigenvalue weighted by atomic mass is 10.0. The molecule has 1 amide bonds. The Morgan fingerprint density at radius 3 is 2.70 bits per heavy atom. The van der Waals surface area contributed by atoms with E-state index in [1.807, 2.05) is 51.9 Å². The van der Waals surface area contributed by atoms with Gasteiger partial charge in [0.05, 0.1) is 24.8 Å². The molecule has 1 aliphatic rings. The number of carbonyl (C=O) groups excluding carboxylic acids is 1. The average Bonchev–Trinajstić information content (AvgIpc) is 3.18. The number of H-pyrrole nitrogens is 1. The molecule has 1 aliphatic heterocycles.